The van der Waals surface area contributed by atoms with Crippen molar-refractivity contribution in [3.8, 4) is 0 Å². The molecule has 0 aliphatic carbocycles. The van der Waals surface area contributed by atoms with Crippen LogP contribution in [0.15, 0.2) is 55.0 Å². The largest absolute Gasteiger partial charge is 0.338 e. The fraction of sp³-hybridized carbons (Fsp3) is 0.300. The minimum atomic E-state index is 0.125. The van der Waals surface area contributed by atoms with E-state index in [1.807, 2.05) is 52.2 Å². The van der Waals surface area contributed by atoms with Gasteiger partial charge in [0.05, 0.1) is 6.04 Å². The fourth-order valence-electron chi connectivity index (χ4n) is 3.71. The van der Waals surface area contributed by atoms with Crippen molar-refractivity contribution in [2.75, 3.05) is 6.54 Å². The zero-order chi connectivity index (χ0) is 17.2. The number of fused-ring (bicyclic) bond motifs is 1. The van der Waals surface area contributed by atoms with Gasteiger partial charge < -0.3 is 9.47 Å². The van der Waals surface area contributed by atoms with Gasteiger partial charge in [0, 0.05) is 41.1 Å². The summed E-state index contributed by atoms with van der Waals surface area (Å²) in [5.41, 5.74) is 2.12. The number of benzene rings is 1. The van der Waals surface area contributed by atoms with E-state index in [1.165, 1.54) is 0 Å². The molecule has 1 amide bonds. The van der Waals surface area contributed by atoms with E-state index in [9.17, 15) is 4.79 Å². The quantitative estimate of drug-likeness (QED) is 0.698. The van der Waals surface area contributed by atoms with E-state index in [4.69, 9.17) is 11.6 Å². The first kappa shape index (κ1) is 16.2. The Morgan fingerprint density at radius 1 is 1.20 bits per heavy atom. The maximum absolute atomic E-state index is 13.0. The SMILES string of the molecule is O=C(Cn1ccc2c(Cl)cccc21)N1CCCCC1c1cccnc1. The highest BCUT2D eigenvalue weighted by Crippen LogP contribution is 2.31. The maximum Gasteiger partial charge on any atom is 0.243 e. The van der Waals surface area contributed by atoms with Crippen LogP contribution in [0.1, 0.15) is 30.9 Å². The van der Waals surface area contributed by atoms with Gasteiger partial charge in [0.25, 0.3) is 0 Å². The van der Waals surface area contributed by atoms with Crippen molar-refractivity contribution in [1.82, 2.24) is 14.5 Å². The van der Waals surface area contributed by atoms with E-state index in [2.05, 4.69) is 11.1 Å². The summed E-state index contributed by atoms with van der Waals surface area (Å²) in [6.45, 7) is 1.14. The van der Waals surface area contributed by atoms with Gasteiger partial charge in [-0.1, -0.05) is 23.7 Å². The number of pyridine rings is 1. The summed E-state index contributed by atoms with van der Waals surface area (Å²) < 4.78 is 1.98. The van der Waals surface area contributed by atoms with Crippen molar-refractivity contribution in [3.05, 3.63) is 65.6 Å². The average Bonchev–Trinajstić information content (AvgIpc) is 3.07. The van der Waals surface area contributed by atoms with Crippen LogP contribution in [0.3, 0.4) is 0 Å². The molecule has 4 nitrogen and oxygen atoms in total. The molecule has 0 radical (unpaired) electrons. The van der Waals surface area contributed by atoms with Crippen molar-refractivity contribution >= 4 is 28.4 Å². The molecular formula is C20H20ClN3O. The number of aromatic nitrogens is 2. The number of nitrogens with zero attached hydrogens (tertiary/aromatic N) is 3. The Labute approximate surface area is 152 Å². The Kier molecular flexibility index (Phi) is 4.45. The smallest absolute Gasteiger partial charge is 0.243 e. The lowest BCUT2D eigenvalue weighted by Crippen LogP contribution is -2.40. The van der Waals surface area contributed by atoms with Gasteiger partial charge in [-0.25, -0.2) is 0 Å². The number of carbonyl (C=O) groups excluding carboxylic acids is 1. The van der Waals surface area contributed by atoms with Crippen molar-refractivity contribution in [2.24, 2.45) is 0 Å². The second kappa shape index (κ2) is 6.89. The van der Waals surface area contributed by atoms with Crippen LogP contribution in [-0.2, 0) is 11.3 Å². The number of piperidine rings is 1. The van der Waals surface area contributed by atoms with Crippen LogP contribution in [0.2, 0.25) is 5.02 Å². The van der Waals surface area contributed by atoms with E-state index >= 15 is 0 Å². The summed E-state index contributed by atoms with van der Waals surface area (Å²) in [5, 5.41) is 1.70. The molecule has 3 aromatic rings. The molecule has 1 aromatic carbocycles. The molecule has 0 bridgehead atoms. The number of carbonyl (C=O) groups is 1. The lowest BCUT2D eigenvalue weighted by molar-refractivity contribution is -0.135. The van der Waals surface area contributed by atoms with Crippen molar-refractivity contribution in [3.63, 3.8) is 0 Å². The molecule has 5 heteroatoms. The molecule has 1 saturated heterocycles. The Morgan fingerprint density at radius 2 is 2.12 bits per heavy atom. The summed E-state index contributed by atoms with van der Waals surface area (Å²) >= 11 is 6.24. The van der Waals surface area contributed by atoms with E-state index in [-0.39, 0.29) is 11.9 Å². The molecule has 4 rings (SSSR count). The van der Waals surface area contributed by atoms with E-state index < -0.39 is 0 Å². The van der Waals surface area contributed by atoms with Crippen LogP contribution < -0.4 is 0 Å². The molecule has 0 N–H and O–H groups in total. The molecule has 1 unspecified atom stereocenters. The highest BCUT2D eigenvalue weighted by molar-refractivity contribution is 6.35. The van der Waals surface area contributed by atoms with Crippen LogP contribution in [0, 0.1) is 0 Å². The second-order valence-electron chi connectivity index (χ2n) is 6.50. The molecule has 0 saturated carbocycles. The highest BCUT2D eigenvalue weighted by Gasteiger charge is 2.28. The first-order chi connectivity index (χ1) is 12.2. The number of hydrogen-bond acceptors (Lipinski definition) is 2. The van der Waals surface area contributed by atoms with Gasteiger partial charge in [0.15, 0.2) is 0 Å². The van der Waals surface area contributed by atoms with E-state index in [0.29, 0.717) is 6.54 Å². The summed E-state index contributed by atoms with van der Waals surface area (Å²) in [6.07, 6.45) is 8.79. The van der Waals surface area contributed by atoms with Crippen molar-refractivity contribution < 1.29 is 4.79 Å². The molecule has 0 spiro atoms. The number of rotatable bonds is 3. The van der Waals surface area contributed by atoms with Crippen molar-refractivity contribution in [1.29, 1.82) is 0 Å². The number of hydrogen-bond donors (Lipinski definition) is 0. The molecule has 1 atom stereocenters. The zero-order valence-electron chi connectivity index (χ0n) is 13.9. The van der Waals surface area contributed by atoms with Gasteiger partial charge >= 0.3 is 0 Å². The van der Waals surface area contributed by atoms with Gasteiger partial charge in [-0.15, -0.1) is 0 Å². The Hall–Kier alpha value is -2.33. The van der Waals surface area contributed by atoms with E-state index in [1.54, 1.807) is 6.20 Å². The fourth-order valence-corrected chi connectivity index (χ4v) is 3.94. The van der Waals surface area contributed by atoms with Crippen LogP contribution in [-0.4, -0.2) is 26.9 Å². The second-order valence-corrected chi connectivity index (χ2v) is 6.91. The molecule has 128 valence electrons. The van der Waals surface area contributed by atoms with Gasteiger partial charge in [0.2, 0.25) is 5.91 Å². The third-order valence-electron chi connectivity index (χ3n) is 4.96. The maximum atomic E-state index is 13.0. The Morgan fingerprint density at radius 3 is 2.96 bits per heavy atom. The minimum Gasteiger partial charge on any atom is -0.338 e. The molecule has 25 heavy (non-hydrogen) atoms. The van der Waals surface area contributed by atoms with Gasteiger partial charge in [-0.2, -0.15) is 0 Å². The molecule has 1 fully saturated rings. The monoisotopic (exact) mass is 353 g/mol. The lowest BCUT2D eigenvalue weighted by Gasteiger charge is -2.36. The molecular weight excluding hydrogens is 334 g/mol. The molecule has 3 heterocycles. The number of likely N-dealkylation sites (tertiary alicyclic amines) is 1. The van der Waals surface area contributed by atoms with Crippen LogP contribution in [0.4, 0.5) is 0 Å². The van der Waals surface area contributed by atoms with Crippen LogP contribution in [0.5, 0.6) is 0 Å². The number of halogens is 1. The third kappa shape index (κ3) is 3.14. The van der Waals surface area contributed by atoms with Gasteiger partial charge in [-0.05, 0) is 49.1 Å². The van der Waals surface area contributed by atoms with E-state index in [0.717, 1.165) is 47.3 Å². The summed E-state index contributed by atoms with van der Waals surface area (Å²) in [4.78, 5) is 19.3. The number of amides is 1. The van der Waals surface area contributed by atoms with Crippen LogP contribution >= 0.6 is 11.6 Å². The van der Waals surface area contributed by atoms with Crippen molar-refractivity contribution in [2.45, 2.75) is 31.8 Å². The summed E-state index contributed by atoms with van der Waals surface area (Å²) in [5.74, 6) is 0.144. The normalized spacial score (nSPS) is 17.8. The van der Waals surface area contributed by atoms with Gasteiger partial charge in [0.1, 0.15) is 6.54 Å². The summed E-state index contributed by atoms with van der Waals surface area (Å²) in [7, 11) is 0. The first-order valence-electron chi connectivity index (χ1n) is 8.67. The van der Waals surface area contributed by atoms with Crippen LogP contribution in [0.25, 0.3) is 10.9 Å². The first-order valence-corrected chi connectivity index (χ1v) is 9.04. The Bertz CT molecular complexity index is 890. The highest BCUT2D eigenvalue weighted by atomic mass is 35.5. The predicted molar refractivity (Wildman–Crippen MR) is 99.5 cm³/mol. The third-order valence-corrected chi connectivity index (χ3v) is 5.29. The average molecular weight is 354 g/mol. The molecule has 1 aliphatic rings. The molecule has 2 aromatic heterocycles. The summed E-state index contributed by atoms with van der Waals surface area (Å²) in [6, 6.07) is 11.9. The van der Waals surface area contributed by atoms with Gasteiger partial charge in [-0.3, -0.25) is 9.78 Å². The topological polar surface area (TPSA) is 38.1 Å². The zero-order valence-corrected chi connectivity index (χ0v) is 14.7. The lowest BCUT2D eigenvalue weighted by atomic mass is 9.96. The predicted octanol–water partition coefficient (Wildman–Crippen LogP) is 4.44. The Balaban J connectivity index is 1.59. The minimum absolute atomic E-state index is 0.125. The standard InChI is InChI=1S/C20H20ClN3O/c21-17-6-3-8-19-16(17)9-12-23(19)14-20(25)24-11-2-1-7-18(24)15-5-4-10-22-13-15/h3-6,8-10,12-13,18H,1-2,7,11,14H2. The molecule has 1 aliphatic heterocycles.